The number of nitrogens with one attached hydrogen (secondary N) is 1. The average Bonchev–Trinajstić information content (AvgIpc) is 2.43. The van der Waals surface area contributed by atoms with E-state index in [0.717, 1.165) is 23.6 Å². The molecule has 0 aliphatic heterocycles. The van der Waals surface area contributed by atoms with Crippen molar-refractivity contribution in [3.63, 3.8) is 0 Å². The van der Waals surface area contributed by atoms with Gasteiger partial charge >= 0.3 is 0 Å². The van der Waals surface area contributed by atoms with Gasteiger partial charge in [-0.2, -0.15) is 0 Å². The molecule has 0 bridgehead atoms. The molecule has 5 heteroatoms. The second kappa shape index (κ2) is 7.09. The van der Waals surface area contributed by atoms with Crippen LogP contribution in [-0.2, 0) is 12.3 Å². The standard InChI is InChI=1S/C16H20N2OS2/c1-11(2)14-13(9-12-7-5-4-6-8-12)18(10-21-3)16(20)17-15(14)19/h4-8,11H,9-10H2,1-3H3,(H,17,19,20). The maximum atomic E-state index is 12.3. The van der Waals surface area contributed by atoms with E-state index >= 15 is 0 Å². The van der Waals surface area contributed by atoms with Crippen molar-refractivity contribution < 1.29 is 0 Å². The Hall–Kier alpha value is -1.33. The summed E-state index contributed by atoms with van der Waals surface area (Å²) in [5.41, 5.74) is 2.99. The summed E-state index contributed by atoms with van der Waals surface area (Å²) in [7, 11) is 0. The first-order valence-corrected chi connectivity index (χ1v) is 8.73. The highest BCUT2D eigenvalue weighted by atomic mass is 32.2. The molecule has 112 valence electrons. The first kappa shape index (κ1) is 16.0. The average molecular weight is 320 g/mol. The lowest BCUT2D eigenvalue weighted by Gasteiger charge is -2.18. The Kier molecular flexibility index (Phi) is 5.42. The summed E-state index contributed by atoms with van der Waals surface area (Å²) in [6.07, 6.45) is 2.76. The van der Waals surface area contributed by atoms with Gasteiger partial charge in [0.25, 0.3) is 5.56 Å². The molecule has 0 amide bonds. The molecule has 0 saturated heterocycles. The zero-order valence-corrected chi connectivity index (χ0v) is 14.2. The van der Waals surface area contributed by atoms with E-state index in [1.807, 2.05) is 42.9 Å². The van der Waals surface area contributed by atoms with Crippen molar-refractivity contribution >= 4 is 24.0 Å². The van der Waals surface area contributed by atoms with E-state index < -0.39 is 0 Å². The molecule has 1 N–H and O–H groups in total. The number of H-pyrrole nitrogens is 1. The van der Waals surface area contributed by atoms with Crippen LogP contribution in [0.4, 0.5) is 0 Å². The summed E-state index contributed by atoms with van der Waals surface area (Å²) in [6.45, 7) is 4.09. The Balaban J connectivity index is 2.64. The van der Waals surface area contributed by atoms with E-state index in [-0.39, 0.29) is 11.5 Å². The highest BCUT2D eigenvalue weighted by Gasteiger charge is 2.16. The van der Waals surface area contributed by atoms with E-state index in [0.29, 0.717) is 4.77 Å². The van der Waals surface area contributed by atoms with E-state index in [1.165, 1.54) is 5.56 Å². The lowest BCUT2D eigenvalue weighted by Crippen LogP contribution is -2.24. The third kappa shape index (κ3) is 3.66. The second-order valence-electron chi connectivity index (χ2n) is 5.28. The lowest BCUT2D eigenvalue weighted by molar-refractivity contribution is 0.703. The Bertz CT molecular complexity index is 717. The molecular weight excluding hydrogens is 300 g/mol. The minimum absolute atomic E-state index is 0.0571. The van der Waals surface area contributed by atoms with Crippen molar-refractivity contribution in [2.45, 2.75) is 32.1 Å². The van der Waals surface area contributed by atoms with Gasteiger partial charge in [0.1, 0.15) is 0 Å². The van der Waals surface area contributed by atoms with Gasteiger partial charge in [0, 0.05) is 17.7 Å². The normalized spacial score (nSPS) is 11.0. The predicted molar refractivity (Wildman–Crippen MR) is 92.7 cm³/mol. The minimum atomic E-state index is -0.0571. The van der Waals surface area contributed by atoms with Crippen molar-refractivity contribution in [2.75, 3.05) is 6.26 Å². The molecule has 2 aromatic rings. The predicted octanol–water partition coefficient (Wildman–Crippen LogP) is 3.94. The molecule has 0 saturated carbocycles. The molecule has 0 aliphatic rings. The van der Waals surface area contributed by atoms with Gasteiger partial charge in [-0.25, -0.2) is 0 Å². The summed E-state index contributed by atoms with van der Waals surface area (Å²) < 4.78 is 2.55. The van der Waals surface area contributed by atoms with Crippen LogP contribution in [0.15, 0.2) is 35.1 Å². The van der Waals surface area contributed by atoms with Gasteiger partial charge in [0.15, 0.2) is 4.77 Å². The van der Waals surface area contributed by atoms with Gasteiger partial charge in [0.05, 0.1) is 5.88 Å². The molecule has 0 aliphatic carbocycles. The molecule has 2 rings (SSSR count). The molecule has 0 atom stereocenters. The summed E-state index contributed by atoms with van der Waals surface area (Å²) in [5.74, 6) is 0.911. The zero-order chi connectivity index (χ0) is 15.4. The molecule has 0 fully saturated rings. The van der Waals surface area contributed by atoms with Crippen LogP contribution in [0.2, 0.25) is 0 Å². The monoisotopic (exact) mass is 320 g/mol. The largest absolute Gasteiger partial charge is 0.312 e. The van der Waals surface area contributed by atoms with E-state index in [4.69, 9.17) is 12.2 Å². The summed E-state index contributed by atoms with van der Waals surface area (Å²) in [6, 6.07) is 10.2. The highest BCUT2D eigenvalue weighted by Crippen LogP contribution is 2.20. The number of hydrogen-bond donors (Lipinski definition) is 1. The van der Waals surface area contributed by atoms with E-state index in [1.54, 1.807) is 11.8 Å². The summed E-state index contributed by atoms with van der Waals surface area (Å²) in [5, 5.41) is 0. The van der Waals surface area contributed by atoms with Crippen molar-refractivity contribution in [2.24, 2.45) is 0 Å². The molecule has 21 heavy (non-hydrogen) atoms. The van der Waals surface area contributed by atoms with E-state index in [9.17, 15) is 4.79 Å². The van der Waals surface area contributed by atoms with Gasteiger partial charge in [-0.1, -0.05) is 44.2 Å². The maximum Gasteiger partial charge on any atom is 0.255 e. The van der Waals surface area contributed by atoms with Gasteiger partial charge in [0.2, 0.25) is 0 Å². The SMILES string of the molecule is CSCn1c(Cc2ccccc2)c(C(C)C)c(=O)[nH]c1=S. The molecule has 0 spiro atoms. The van der Waals surface area contributed by atoms with E-state index in [2.05, 4.69) is 17.1 Å². The van der Waals surface area contributed by atoms with Crippen LogP contribution in [0.1, 0.15) is 36.6 Å². The Morgan fingerprint density at radius 1 is 1.29 bits per heavy atom. The summed E-state index contributed by atoms with van der Waals surface area (Å²) >= 11 is 7.04. The quantitative estimate of drug-likeness (QED) is 0.848. The van der Waals surface area contributed by atoms with Crippen LogP contribution in [0.3, 0.4) is 0 Å². The molecular formula is C16H20N2OS2. The van der Waals surface area contributed by atoms with Gasteiger partial charge in [-0.15, -0.1) is 11.8 Å². The first-order valence-electron chi connectivity index (χ1n) is 6.93. The fourth-order valence-corrected chi connectivity index (χ4v) is 3.36. The molecule has 1 aromatic carbocycles. The van der Waals surface area contributed by atoms with Crippen molar-refractivity contribution in [1.82, 2.24) is 9.55 Å². The number of thioether (sulfide) groups is 1. The second-order valence-corrected chi connectivity index (χ2v) is 6.50. The number of nitrogens with zero attached hydrogens (tertiary/aromatic N) is 1. The van der Waals surface area contributed by atoms with Crippen molar-refractivity contribution in [3.8, 4) is 0 Å². The first-order chi connectivity index (χ1) is 10.0. The van der Waals surface area contributed by atoms with Gasteiger partial charge in [-0.05, 0) is 30.0 Å². The Morgan fingerprint density at radius 2 is 1.95 bits per heavy atom. The van der Waals surface area contributed by atoms with Gasteiger partial charge in [-0.3, -0.25) is 9.78 Å². The molecule has 1 heterocycles. The third-order valence-electron chi connectivity index (χ3n) is 3.40. The fraction of sp³-hybridized carbons (Fsp3) is 0.375. The number of hydrogen-bond acceptors (Lipinski definition) is 3. The Labute approximate surface area is 134 Å². The van der Waals surface area contributed by atoms with Gasteiger partial charge < -0.3 is 4.57 Å². The molecule has 1 aromatic heterocycles. The highest BCUT2D eigenvalue weighted by molar-refractivity contribution is 7.97. The number of rotatable bonds is 5. The third-order valence-corrected chi connectivity index (χ3v) is 4.24. The molecule has 0 radical (unpaired) electrons. The fourth-order valence-electron chi connectivity index (χ4n) is 2.47. The lowest BCUT2D eigenvalue weighted by atomic mass is 9.98. The van der Waals surface area contributed by atoms with Crippen LogP contribution < -0.4 is 5.56 Å². The van der Waals surface area contributed by atoms with Crippen molar-refractivity contribution in [3.05, 3.63) is 62.3 Å². The molecule has 3 nitrogen and oxygen atoms in total. The van der Waals surface area contributed by atoms with Crippen LogP contribution in [0, 0.1) is 4.77 Å². The number of aromatic nitrogens is 2. The van der Waals surface area contributed by atoms with Crippen LogP contribution in [0.25, 0.3) is 0 Å². The smallest absolute Gasteiger partial charge is 0.255 e. The van der Waals surface area contributed by atoms with Crippen LogP contribution in [0.5, 0.6) is 0 Å². The number of aromatic amines is 1. The van der Waals surface area contributed by atoms with Crippen LogP contribution >= 0.6 is 24.0 Å². The van der Waals surface area contributed by atoms with Crippen LogP contribution in [-0.4, -0.2) is 15.8 Å². The zero-order valence-electron chi connectivity index (χ0n) is 12.6. The topological polar surface area (TPSA) is 37.8 Å². The number of benzene rings is 1. The Morgan fingerprint density at radius 3 is 2.52 bits per heavy atom. The van der Waals surface area contributed by atoms with Crippen molar-refractivity contribution in [1.29, 1.82) is 0 Å². The summed E-state index contributed by atoms with van der Waals surface area (Å²) in [4.78, 5) is 15.1. The maximum absolute atomic E-state index is 12.3. The molecule has 0 unspecified atom stereocenters. The minimum Gasteiger partial charge on any atom is -0.312 e.